The van der Waals surface area contributed by atoms with Gasteiger partial charge >= 0.3 is 0 Å². The molecule has 4 nitrogen and oxygen atoms in total. The zero-order valence-corrected chi connectivity index (χ0v) is 13.2. The summed E-state index contributed by atoms with van der Waals surface area (Å²) in [5.41, 5.74) is 3.32. The SMILES string of the molecule is O=C(c1cnccn1)N1Cc2ccccc2C2(CCCCC2)C1. The number of carbonyl (C=O) groups excluding carboxylic acids is 1. The number of hydrogen-bond donors (Lipinski definition) is 0. The topological polar surface area (TPSA) is 46.1 Å². The van der Waals surface area contributed by atoms with E-state index in [0.29, 0.717) is 12.2 Å². The number of rotatable bonds is 1. The van der Waals surface area contributed by atoms with Gasteiger partial charge in [0, 0.05) is 30.9 Å². The molecular weight excluding hydrogens is 286 g/mol. The van der Waals surface area contributed by atoms with Crippen LogP contribution in [0.1, 0.15) is 53.7 Å². The van der Waals surface area contributed by atoms with Crippen LogP contribution in [-0.4, -0.2) is 27.3 Å². The minimum absolute atomic E-state index is 0.00227. The Bertz CT molecular complexity index is 708. The quantitative estimate of drug-likeness (QED) is 0.812. The van der Waals surface area contributed by atoms with Crippen molar-refractivity contribution in [3.05, 3.63) is 59.7 Å². The molecule has 0 atom stereocenters. The van der Waals surface area contributed by atoms with Crippen LogP contribution in [0.3, 0.4) is 0 Å². The average Bonchev–Trinajstić information content (AvgIpc) is 2.62. The molecule has 2 aliphatic rings. The minimum Gasteiger partial charge on any atom is -0.332 e. The Kier molecular flexibility index (Phi) is 3.60. The monoisotopic (exact) mass is 307 g/mol. The van der Waals surface area contributed by atoms with E-state index in [4.69, 9.17) is 0 Å². The molecule has 2 aromatic rings. The molecule has 0 unspecified atom stereocenters. The van der Waals surface area contributed by atoms with Crippen molar-refractivity contribution < 1.29 is 4.79 Å². The molecule has 0 N–H and O–H groups in total. The van der Waals surface area contributed by atoms with Crippen molar-refractivity contribution in [2.75, 3.05) is 6.54 Å². The predicted molar refractivity (Wildman–Crippen MR) is 88.0 cm³/mol. The summed E-state index contributed by atoms with van der Waals surface area (Å²) < 4.78 is 0. The van der Waals surface area contributed by atoms with Gasteiger partial charge in [0.2, 0.25) is 0 Å². The Balaban J connectivity index is 1.71. The fourth-order valence-corrected chi connectivity index (χ4v) is 4.26. The lowest BCUT2D eigenvalue weighted by atomic mass is 9.66. The van der Waals surface area contributed by atoms with Gasteiger partial charge < -0.3 is 4.90 Å². The molecule has 1 fully saturated rings. The molecule has 1 saturated carbocycles. The molecule has 23 heavy (non-hydrogen) atoms. The summed E-state index contributed by atoms with van der Waals surface area (Å²) in [5.74, 6) is -0.00227. The van der Waals surface area contributed by atoms with E-state index in [0.717, 1.165) is 6.54 Å². The third-order valence-electron chi connectivity index (χ3n) is 5.32. The van der Waals surface area contributed by atoms with E-state index in [9.17, 15) is 4.79 Å². The van der Waals surface area contributed by atoms with E-state index in [1.54, 1.807) is 18.6 Å². The first-order valence-corrected chi connectivity index (χ1v) is 8.42. The van der Waals surface area contributed by atoms with E-state index in [2.05, 4.69) is 34.2 Å². The number of hydrogen-bond acceptors (Lipinski definition) is 3. The molecule has 1 aliphatic carbocycles. The highest BCUT2D eigenvalue weighted by Crippen LogP contribution is 2.44. The molecule has 1 aromatic heterocycles. The summed E-state index contributed by atoms with van der Waals surface area (Å²) in [6.07, 6.45) is 10.9. The Morgan fingerprint density at radius 1 is 1.09 bits per heavy atom. The van der Waals surface area contributed by atoms with Gasteiger partial charge in [-0.05, 0) is 24.0 Å². The molecular formula is C19H21N3O. The van der Waals surface area contributed by atoms with E-state index in [1.807, 2.05) is 4.90 Å². The first-order chi connectivity index (χ1) is 11.3. The van der Waals surface area contributed by atoms with Gasteiger partial charge in [0.1, 0.15) is 5.69 Å². The van der Waals surface area contributed by atoms with Gasteiger partial charge in [0.15, 0.2) is 0 Å². The number of amides is 1. The van der Waals surface area contributed by atoms with Gasteiger partial charge in [-0.3, -0.25) is 9.78 Å². The van der Waals surface area contributed by atoms with Gasteiger partial charge in [0.25, 0.3) is 5.91 Å². The number of carbonyl (C=O) groups is 1. The standard InChI is InChI=1S/C19H21N3O/c23-18(17-12-20-10-11-21-17)22-13-15-6-2-3-7-16(15)19(14-22)8-4-1-5-9-19/h2-3,6-7,10-12H,1,4-5,8-9,13-14H2. The van der Waals surface area contributed by atoms with Crippen molar-refractivity contribution in [1.82, 2.24) is 14.9 Å². The molecule has 0 radical (unpaired) electrons. The highest BCUT2D eigenvalue weighted by molar-refractivity contribution is 5.92. The Morgan fingerprint density at radius 3 is 2.70 bits per heavy atom. The summed E-state index contributed by atoms with van der Waals surface area (Å²) in [5, 5.41) is 0. The minimum atomic E-state index is -0.00227. The van der Waals surface area contributed by atoms with Gasteiger partial charge in [0.05, 0.1) is 6.20 Å². The number of aromatic nitrogens is 2. The molecule has 0 saturated heterocycles. The normalized spacial score (nSPS) is 19.4. The lowest BCUT2D eigenvalue weighted by Crippen LogP contribution is -2.49. The lowest BCUT2D eigenvalue weighted by molar-refractivity contribution is 0.0629. The maximum absolute atomic E-state index is 12.9. The fourth-order valence-electron chi connectivity index (χ4n) is 4.26. The van der Waals surface area contributed by atoms with E-state index in [-0.39, 0.29) is 11.3 Å². The smallest absolute Gasteiger partial charge is 0.274 e. The van der Waals surface area contributed by atoms with Crippen LogP contribution < -0.4 is 0 Å². The van der Waals surface area contributed by atoms with Crippen molar-refractivity contribution in [3.63, 3.8) is 0 Å². The van der Waals surface area contributed by atoms with Crippen molar-refractivity contribution >= 4 is 5.91 Å². The number of fused-ring (bicyclic) bond motifs is 2. The summed E-state index contributed by atoms with van der Waals surface area (Å²) in [6, 6.07) is 8.65. The zero-order chi connectivity index (χ0) is 15.7. The maximum Gasteiger partial charge on any atom is 0.274 e. The molecule has 1 spiro atoms. The summed E-state index contributed by atoms with van der Waals surface area (Å²) in [4.78, 5) is 23.1. The average molecular weight is 307 g/mol. The molecule has 1 aliphatic heterocycles. The van der Waals surface area contributed by atoms with Crippen LogP contribution in [0.2, 0.25) is 0 Å². The van der Waals surface area contributed by atoms with Gasteiger partial charge in [-0.2, -0.15) is 0 Å². The van der Waals surface area contributed by atoms with Gasteiger partial charge in [-0.15, -0.1) is 0 Å². The zero-order valence-electron chi connectivity index (χ0n) is 13.2. The lowest BCUT2D eigenvalue weighted by Gasteiger charge is -2.46. The molecule has 4 heteroatoms. The van der Waals surface area contributed by atoms with Crippen LogP contribution in [-0.2, 0) is 12.0 Å². The largest absolute Gasteiger partial charge is 0.332 e. The molecule has 4 rings (SSSR count). The molecule has 1 aromatic carbocycles. The fraction of sp³-hybridized carbons (Fsp3) is 0.421. The van der Waals surface area contributed by atoms with E-state index < -0.39 is 0 Å². The van der Waals surface area contributed by atoms with Crippen LogP contribution in [0.4, 0.5) is 0 Å². The van der Waals surface area contributed by atoms with Crippen molar-refractivity contribution in [1.29, 1.82) is 0 Å². The second-order valence-electron chi connectivity index (χ2n) is 6.75. The predicted octanol–water partition coefficient (Wildman–Crippen LogP) is 3.33. The molecule has 1 amide bonds. The van der Waals surface area contributed by atoms with Crippen molar-refractivity contribution in [2.45, 2.75) is 44.1 Å². The van der Waals surface area contributed by atoms with E-state index >= 15 is 0 Å². The summed E-state index contributed by atoms with van der Waals surface area (Å²) in [6.45, 7) is 1.48. The maximum atomic E-state index is 12.9. The van der Waals surface area contributed by atoms with Gasteiger partial charge in [-0.25, -0.2) is 4.98 Å². The number of benzene rings is 1. The van der Waals surface area contributed by atoms with Crippen LogP contribution in [0.25, 0.3) is 0 Å². The Morgan fingerprint density at radius 2 is 1.91 bits per heavy atom. The van der Waals surface area contributed by atoms with Crippen molar-refractivity contribution in [2.24, 2.45) is 0 Å². The number of nitrogens with zero attached hydrogens (tertiary/aromatic N) is 3. The molecule has 2 heterocycles. The third kappa shape index (κ3) is 2.52. The van der Waals surface area contributed by atoms with Crippen LogP contribution in [0, 0.1) is 0 Å². The van der Waals surface area contributed by atoms with Gasteiger partial charge in [-0.1, -0.05) is 43.5 Å². The summed E-state index contributed by atoms with van der Waals surface area (Å²) >= 11 is 0. The Labute approximate surface area is 136 Å². The second-order valence-corrected chi connectivity index (χ2v) is 6.75. The first kappa shape index (κ1) is 14.4. The van der Waals surface area contributed by atoms with Crippen LogP contribution >= 0.6 is 0 Å². The Hall–Kier alpha value is -2.23. The highest BCUT2D eigenvalue weighted by Gasteiger charge is 2.41. The van der Waals surface area contributed by atoms with Crippen LogP contribution in [0.15, 0.2) is 42.9 Å². The first-order valence-electron chi connectivity index (χ1n) is 8.42. The molecule has 0 bridgehead atoms. The van der Waals surface area contributed by atoms with E-state index in [1.165, 1.54) is 43.2 Å². The highest BCUT2D eigenvalue weighted by atomic mass is 16.2. The molecule has 118 valence electrons. The summed E-state index contributed by atoms with van der Waals surface area (Å²) in [7, 11) is 0. The van der Waals surface area contributed by atoms with Crippen molar-refractivity contribution in [3.8, 4) is 0 Å². The van der Waals surface area contributed by atoms with Crippen LogP contribution in [0.5, 0.6) is 0 Å². The third-order valence-corrected chi connectivity index (χ3v) is 5.32. The second kappa shape index (κ2) is 5.76.